The molecular formula is C15H7Br2NO4. The molecule has 7 heteroatoms. The van der Waals surface area contributed by atoms with Gasteiger partial charge in [0.2, 0.25) is 5.89 Å². The molecule has 110 valence electrons. The Morgan fingerprint density at radius 2 is 1.91 bits per heavy atom. The van der Waals surface area contributed by atoms with Gasteiger partial charge in [-0.2, -0.15) is 0 Å². The number of benzene rings is 2. The van der Waals surface area contributed by atoms with Crippen LogP contribution in [-0.4, -0.2) is 16.1 Å². The lowest BCUT2D eigenvalue weighted by Gasteiger charge is -2.06. The Morgan fingerprint density at radius 1 is 1.18 bits per heavy atom. The normalized spacial score (nSPS) is 10.8. The van der Waals surface area contributed by atoms with Crippen LogP contribution in [0.15, 0.2) is 54.6 Å². The molecule has 0 amide bonds. The van der Waals surface area contributed by atoms with Gasteiger partial charge in [0.1, 0.15) is 0 Å². The minimum atomic E-state index is -1.12. The summed E-state index contributed by atoms with van der Waals surface area (Å²) in [5.41, 5.74) is 0.103. The summed E-state index contributed by atoms with van der Waals surface area (Å²) in [5, 5.41) is 9.54. The van der Waals surface area contributed by atoms with Crippen LogP contribution in [0.5, 0.6) is 0 Å². The van der Waals surface area contributed by atoms with E-state index in [4.69, 9.17) is 4.42 Å². The van der Waals surface area contributed by atoms with Crippen LogP contribution in [0.4, 0.5) is 0 Å². The average Bonchev–Trinajstić information content (AvgIpc) is 2.48. The number of aromatic carboxylic acids is 1. The van der Waals surface area contributed by atoms with Crippen molar-refractivity contribution in [1.29, 1.82) is 0 Å². The Labute approximate surface area is 140 Å². The number of carbonyl (C=O) groups is 1. The highest BCUT2D eigenvalue weighted by molar-refractivity contribution is 9.11. The molecule has 0 saturated heterocycles. The van der Waals surface area contributed by atoms with Crippen LogP contribution in [0, 0.1) is 0 Å². The monoisotopic (exact) mass is 423 g/mol. The van der Waals surface area contributed by atoms with Gasteiger partial charge in [0.05, 0.1) is 22.0 Å². The number of hydrogen-bond donors (Lipinski definition) is 1. The molecular weight excluding hydrogens is 418 g/mol. The fraction of sp³-hybridized carbons (Fsp3) is 0. The maximum Gasteiger partial charge on any atom is 0.347 e. The predicted molar refractivity (Wildman–Crippen MR) is 88.1 cm³/mol. The van der Waals surface area contributed by atoms with Crippen LogP contribution in [0.25, 0.3) is 22.4 Å². The highest BCUT2D eigenvalue weighted by atomic mass is 79.9. The lowest BCUT2D eigenvalue weighted by molar-refractivity contribution is 0.0697. The molecule has 22 heavy (non-hydrogen) atoms. The lowest BCUT2D eigenvalue weighted by Crippen LogP contribution is -2.06. The van der Waals surface area contributed by atoms with Gasteiger partial charge in [-0.15, -0.1) is 0 Å². The van der Waals surface area contributed by atoms with Crippen molar-refractivity contribution >= 4 is 48.7 Å². The van der Waals surface area contributed by atoms with Crippen molar-refractivity contribution in [3.63, 3.8) is 0 Å². The number of hydrogen-bond acceptors (Lipinski definition) is 4. The van der Waals surface area contributed by atoms with E-state index in [-0.39, 0.29) is 17.0 Å². The van der Waals surface area contributed by atoms with Crippen molar-refractivity contribution in [3.8, 4) is 11.5 Å². The first-order valence-electron chi connectivity index (χ1n) is 6.10. The average molecular weight is 425 g/mol. The highest BCUT2D eigenvalue weighted by Crippen LogP contribution is 2.28. The van der Waals surface area contributed by atoms with Crippen molar-refractivity contribution in [3.05, 3.63) is 61.3 Å². The maximum absolute atomic E-state index is 12.2. The summed E-state index contributed by atoms with van der Waals surface area (Å²) in [7, 11) is 0. The van der Waals surface area contributed by atoms with Gasteiger partial charge in [0.25, 0.3) is 0 Å². The molecule has 0 atom stereocenters. The second kappa shape index (κ2) is 5.66. The van der Waals surface area contributed by atoms with Crippen molar-refractivity contribution < 1.29 is 14.3 Å². The van der Waals surface area contributed by atoms with Crippen LogP contribution in [0.1, 0.15) is 10.4 Å². The third kappa shape index (κ3) is 2.57. The SMILES string of the molecule is O=C(O)c1ccccc1-c1nc2c(Br)cc(Br)cc2c(=O)o1. The van der Waals surface area contributed by atoms with Crippen molar-refractivity contribution in [2.75, 3.05) is 0 Å². The van der Waals surface area contributed by atoms with Crippen LogP contribution in [-0.2, 0) is 0 Å². The number of nitrogens with zero attached hydrogens (tertiary/aromatic N) is 1. The second-order valence-electron chi connectivity index (χ2n) is 4.44. The van der Waals surface area contributed by atoms with E-state index in [9.17, 15) is 14.7 Å². The lowest BCUT2D eigenvalue weighted by atomic mass is 10.1. The number of carboxylic acids is 1. The molecule has 0 aliphatic carbocycles. The number of aromatic nitrogens is 1. The summed E-state index contributed by atoms with van der Waals surface area (Å²) < 4.78 is 6.52. The van der Waals surface area contributed by atoms with Gasteiger partial charge in [-0.3, -0.25) is 0 Å². The third-order valence-electron chi connectivity index (χ3n) is 3.04. The summed E-state index contributed by atoms with van der Waals surface area (Å²) in [5.74, 6) is -1.14. The van der Waals surface area contributed by atoms with Gasteiger partial charge in [-0.05, 0) is 40.2 Å². The fourth-order valence-electron chi connectivity index (χ4n) is 2.07. The molecule has 0 aliphatic heterocycles. The van der Waals surface area contributed by atoms with E-state index in [1.807, 2.05) is 0 Å². The van der Waals surface area contributed by atoms with Gasteiger partial charge >= 0.3 is 11.6 Å². The zero-order valence-electron chi connectivity index (χ0n) is 10.8. The molecule has 2 aromatic carbocycles. The Morgan fingerprint density at radius 3 is 2.64 bits per heavy atom. The standard InChI is InChI=1S/C15H7Br2NO4/c16-7-5-10-12(11(17)6-7)18-13(22-15(10)21)8-3-1-2-4-9(8)14(19)20/h1-6H,(H,19,20). The first-order valence-corrected chi connectivity index (χ1v) is 7.68. The van der Waals surface area contributed by atoms with Crippen LogP contribution >= 0.6 is 31.9 Å². The Bertz CT molecular complexity index is 965. The van der Waals surface area contributed by atoms with Crippen LogP contribution in [0.2, 0.25) is 0 Å². The molecule has 1 aromatic heterocycles. The van der Waals surface area contributed by atoms with Crippen molar-refractivity contribution in [2.45, 2.75) is 0 Å². The molecule has 3 rings (SSSR count). The predicted octanol–water partition coefficient (Wildman–Crippen LogP) is 4.08. The largest absolute Gasteiger partial charge is 0.478 e. The molecule has 0 fully saturated rings. The third-order valence-corrected chi connectivity index (χ3v) is 4.10. The van der Waals surface area contributed by atoms with Gasteiger partial charge in [-0.25, -0.2) is 14.6 Å². The highest BCUT2D eigenvalue weighted by Gasteiger charge is 2.17. The summed E-state index contributed by atoms with van der Waals surface area (Å²) >= 11 is 6.64. The minimum Gasteiger partial charge on any atom is -0.478 e. The van der Waals surface area contributed by atoms with E-state index in [1.165, 1.54) is 6.07 Å². The number of halogens is 2. The number of fused-ring (bicyclic) bond motifs is 1. The molecule has 0 radical (unpaired) electrons. The molecule has 0 bridgehead atoms. The van der Waals surface area contributed by atoms with Crippen molar-refractivity contribution in [2.24, 2.45) is 0 Å². The molecule has 1 heterocycles. The first kappa shape index (κ1) is 14.9. The first-order chi connectivity index (χ1) is 10.5. The van der Waals surface area contributed by atoms with E-state index in [2.05, 4.69) is 36.8 Å². The topological polar surface area (TPSA) is 80.4 Å². The van der Waals surface area contributed by atoms with Gasteiger partial charge in [0.15, 0.2) is 0 Å². The Balaban J connectivity index is 2.35. The number of rotatable bonds is 2. The quantitative estimate of drug-likeness (QED) is 0.670. The summed E-state index contributed by atoms with van der Waals surface area (Å²) in [6, 6.07) is 9.59. The van der Waals surface area contributed by atoms with E-state index in [0.717, 1.165) is 0 Å². The number of carboxylic acid groups (broad SMARTS) is 1. The molecule has 0 aliphatic rings. The fourth-order valence-corrected chi connectivity index (χ4v) is 3.39. The molecule has 0 saturated carbocycles. The molecule has 1 N–H and O–H groups in total. The second-order valence-corrected chi connectivity index (χ2v) is 6.21. The van der Waals surface area contributed by atoms with Gasteiger partial charge in [-0.1, -0.05) is 28.1 Å². The van der Waals surface area contributed by atoms with Gasteiger partial charge in [0, 0.05) is 8.95 Å². The van der Waals surface area contributed by atoms with E-state index in [1.54, 1.807) is 30.3 Å². The van der Waals surface area contributed by atoms with E-state index < -0.39 is 11.6 Å². The zero-order chi connectivity index (χ0) is 15.9. The zero-order valence-corrected chi connectivity index (χ0v) is 14.0. The van der Waals surface area contributed by atoms with Crippen molar-refractivity contribution in [1.82, 2.24) is 4.98 Å². The maximum atomic E-state index is 12.2. The smallest absolute Gasteiger partial charge is 0.347 e. The van der Waals surface area contributed by atoms with E-state index in [0.29, 0.717) is 19.8 Å². The minimum absolute atomic E-state index is 0.0192. The molecule has 0 spiro atoms. The molecule has 5 nitrogen and oxygen atoms in total. The Hall–Kier alpha value is -1.99. The van der Waals surface area contributed by atoms with E-state index >= 15 is 0 Å². The Kier molecular flexibility index (Phi) is 3.84. The van der Waals surface area contributed by atoms with Gasteiger partial charge < -0.3 is 9.52 Å². The summed E-state index contributed by atoms with van der Waals surface area (Å²) in [6.07, 6.45) is 0. The molecule has 0 unspecified atom stereocenters. The van der Waals surface area contributed by atoms with Crippen LogP contribution in [0.3, 0.4) is 0 Å². The summed E-state index contributed by atoms with van der Waals surface area (Å²) in [6.45, 7) is 0. The summed E-state index contributed by atoms with van der Waals surface area (Å²) in [4.78, 5) is 27.7. The molecule has 3 aromatic rings. The van der Waals surface area contributed by atoms with Crippen LogP contribution < -0.4 is 5.63 Å².